The van der Waals surface area contributed by atoms with Gasteiger partial charge < -0.3 is 16.3 Å². The highest BCUT2D eigenvalue weighted by atomic mass is 35.5. The van der Waals surface area contributed by atoms with E-state index in [0.717, 1.165) is 6.07 Å². The molecule has 5 nitrogen and oxygen atoms in total. The molecule has 0 fully saturated rings. The third-order valence-corrected chi connectivity index (χ3v) is 3.04. The number of nitrogens with one attached hydrogen (secondary N) is 1. The van der Waals surface area contributed by atoms with Crippen LogP contribution in [0.15, 0.2) is 17.3 Å². The van der Waals surface area contributed by atoms with Gasteiger partial charge in [-0.1, -0.05) is 30.6 Å². The second-order valence-electron chi connectivity index (χ2n) is 4.80. The van der Waals surface area contributed by atoms with Crippen LogP contribution in [0.2, 0.25) is 5.02 Å². The lowest BCUT2D eigenvalue weighted by Crippen LogP contribution is -2.42. The van der Waals surface area contributed by atoms with E-state index in [0.29, 0.717) is 6.07 Å². The Balaban J connectivity index is 2.86. The molecule has 0 aromatic heterocycles. The van der Waals surface area contributed by atoms with Crippen molar-refractivity contribution in [2.75, 3.05) is 6.54 Å². The Kier molecular flexibility index (Phi) is 4.88. The lowest BCUT2D eigenvalue weighted by Gasteiger charge is -2.23. The van der Waals surface area contributed by atoms with E-state index in [1.165, 1.54) is 0 Å². The Morgan fingerprint density at radius 1 is 1.45 bits per heavy atom. The number of benzene rings is 1. The summed E-state index contributed by atoms with van der Waals surface area (Å²) in [6, 6.07) is 1.43. The summed E-state index contributed by atoms with van der Waals surface area (Å²) in [6.45, 7) is 3.20. The molecule has 0 unspecified atom stereocenters. The number of carbonyl (C=O) groups is 1. The van der Waals surface area contributed by atoms with Crippen molar-refractivity contribution >= 4 is 23.3 Å². The molecule has 1 aromatic rings. The minimum Gasteiger partial charge on any atom is -0.409 e. The van der Waals surface area contributed by atoms with Crippen molar-refractivity contribution in [1.29, 1.82) is 0 Å². The average molecular weight is 306 g/mol. The Bertz CT molecular complexity index is 562. The van der Waals surface area contributed by atoms with E-state index in [2.05, 4.69) is 10.5 Å². The predicted octanol–water partition coefficient (Wildman–Crippen LogP) is 2.12. The van der Waals surface area contributed by atoms with E-state index in [1.54, 1.807) is 13.8 Å². The molecule has 20 heavy (non-hydrogen) atoms. The van der Waals surface area contributed by atoms with Crippen molar-refractivity contribution in [3.63, 3.8) is 0 Å². The normalized spacial score (nSPS) is 12.3. The van der Waals surface area contributed by atoms with Crippen LogP contribution in [-0.4, -0.2) is 23.5 Å². The van der Waals surface area contributed by atoms with Crippen molar-refractivity contribution in [3.8, 4) is 0 Å². The van der Waals surface area contributed by atoms with Crippen molar-refractivity contribution in [2.45, 2.75) is 13.8 Å². The van der Waals surface area contributed by atoms with Crippen LogP contribution in [0, 0.1) is 17.0 Å². The van der Waals surface area contributed by atoms with Gasteiger partial charge in [-0.2, -0.15) is 0 Å². The van der Waals surface area contributed by atoms with E-state index in [1.807, 2.05) is 0 Å². The summed E-state index contributed by atoms with van der Waals surface area (Å²) in [5.74, 6) is -2.75. The van der Waals surface area contributed by atoms with Crippen LogP contribution >= 0.6 is 11.6 Å². The Labute approximate surface area is 119 Å². The molecule has 0 bridgehead atoms. The van der Waals surface area contributed by atoms with Gasteiger partial charge in [-0.25, -0.2) is 8.78 Å². The molecule has 110 valence electrons. The van der Waals surface area contributed by atoms with E-state index >= 15 is 0 Å². The molecule has 0 heterocycles. The fourth-order valence-corrected chi connectivity index (χ4v) is 1.47. The average Bonchev–Trinajstić information content (AvgIpc) is 2.39. The summed E-state index contributed by atoms with van der Waals surface area (Å²) in [4.78, 5) is 11.8. The quantitative estimate of drug-likeness (QED) is 0.262. The standard InChI is InChI=1S/C12H14ClF2N3O2/c1-12(2,11(16)18-20)5-17-10(19)6-3-9(15)7(13)4-8(6)14/h3-4,20H,5H2,1-2H3,(H2,16,18)(H,17,19). The maximum Gasteiger partial charge on any atom is 0.254 e. The third kappa shape index (κ3) is 3.57. The summed E-state index contributed by atoms with van der Waals surface area (Å²) < 4.78 is 26.8. The van der Waals surface area contributed by atoms with Crippen molar-refractivity contribution in [1.82, 2.24) is 5.32 Å². The Morgan fingerprint density at radius 2 is 2.05 bits per heavy atom. The van der Waals surface area contributed by atoms with Crippen LogP contribution in [0.4, 0.5) is 8.78 Å². The fourth-order valence-electron chi connectivity index (χ4n) is 1.32. The molecule has 1 aromatic carbocycles. The summed E-state index contributed by atoms with van der Waals surface area (Å²) in [5, 5.41) is 13.4. The number of halogens is 3. The Hall–Kier alpha value is -1.89. The number of hydrogen-bond donors (Lipinski definition) is 3. The molecule has 0 aliphatic rings. The first-order valence-corrected chi connectivity index (χ1v) is 5.97. The molecule has 0 radical (unpaired) electrons. The fraction of sp³-hybridized carbons (Fsp3) is 0.333. The van der Waals surface area contributed by atoms with E-state index in [9.17, 15) is 13.6 Å². The van der Waals surface area contributed by atoms with Gasteiger partial charge >= 0.3 is 0 Å². The lowest BCUT2D eigenvalue weighted by molar-refractivity contribution is 0.0939. The van der Waals surface area contributed by atoms with Crippen molar-refractivity contribution < 1.29 is 18.8 Å². The molecular formula is C12H14ClF2N3O2. The molecule has 1 amide bonds. The first-order valence-electron chi connectivity index (χ1n) is 5.60. The molecule has 0 saturated heterocycles. The third-order valence-electron chi connectivity index (χ3n) is 2.75. The number of hydrogen-bond acceptors (Lipinski definition) is 3. The smallest absolute Gasteiger partial charge is 0.254 e. The van der Waals surface area contributed by atoms with Crippen LogP contribution in [0.3, 0.4) is 0 Å². The zero-order chi connectivity index (χ0) is 15.5. The molecule has 0 atom stereocenters. The predicted molar refractivity (Wildman–Crippen MR) is 70.9 cm³/mol. The highest BCUT2D eigenvalue weighted by Crippen LogP contribution is 2.20. The van der Waals surface area contributed by atoms with E-state index in [-0.39, 0.29) is 12.4 Å². The maximum absolute atomic E-state index is 13.5. The number of amides is 1. The minimum absolute atomic E-state index is 0.0224. The number of nitrogens with two attached hydrogens (primary N) is 1. The highest BCUT2D eigenvalue weighted by molar-refractivity contribution is 6.30. The van der Waals surface area contributed by atoms with Gasteiger partial charge in [0.15, 0.2) is 0 Å². The number of oxime groups is 1. The molecule has 0 aliphatic carbocycles. The van der Waals surface area contributed by atoms with Crippen molar-refractivity contribution in [2.24, 2.45) is 16.3 Å². The summed E-state index contributed by atoms with van der Waals surface area (Å²) in [6.07, 6.45) is 0. The SMILES string of the molecule is CC(C)(CNC(=O)c1cc(F)c(Cl)cc1F)/C(N)=N/O. The topological polar surface area (TPSA) is 87.7 Å². The molecule has 1 rings (SSSR count). The van der Waals surface area contributed by atoms with E-state index in [4.69, 9.17) is 22.5 Å². The highest BCUT2D eigenvalue weighted by Gasteiger charge is 2.25. The van der Waals surface area contributed by atoms with Crippen LogP contribution in [0.1, 0.15) is 24.2 Å². The van der Waals surface area contributed by atoms with Gasteiger partial charge in [0.1, 0.15) is 17.5 Å². The van der Waals surface area contributed by atoms with Crippen LogP contribution in [-0.2, 0) is 0 Å². The van der Waals surface area contributed by atoms with Gasteiger partial charge in [-0.05, 0) is 12.1 Å². The Morgan fingerprint density at radius 3 is 2.60 bits per heavy atom. The van der Waals surface area contributed by atoms with Crippen LogP contribution in [0.25, 0.3) is 0 Å². The molecule has 4 N–H and O–H groups in total. The molecule has 0 spiro atoms. The minimum atomic E-state index is -0.935. The molecule has 8 heteroatoms. The van der Waals surface area contributed by atoms with Gasteiger partial charge in [0, 0.05) is 12.0 Å². The molecular weight excluding hydrogens is 292 g/mol. The summed E-state index contributed by atoms with van der Waals surface area (Å²) in [7, 11) is 0. The summed E-state index contributed by atoms with van der Waals surface area (Å²) in [5.41, 5.74) is 4.14. The molecule has 0 aliphatic heterocycles. The zero-order valence-corrected chi connectivity index (χ0v) is 11.6. The van der Waals surface area contributed by atoms with Gasteiger partial charge in [0.2, 0.25) is 0 Å². The second-order valence-corrected chi connectivity index (χ2v) is 5.21. The van der Waals surface area contributed by atoms with Gasteiger partial charge in [-0.3, -0.25) is 4.79 Å². The first-order chi connectivity index (χ1) is 9.19. The summed E-state index contributed by atoms with van der Waals surface area (Å²) >= 11 is 5.39. The number of nitrogens with zero attached hydrogens (tertiary/aromatic N) is 1. The van der Waals surface area contributed by atoms with Gasteiger partial charge in [0.25, 0.3) is 5.91 Å². The first kappa shape index (κ1) is 16.2. The second kappa shape index (κ2) is 6.04. The van der Waals surface area contributed by atoms with Crippen LogP contribution in [0.5, 0.6) is 0 Å². The zero-order valence-electron chi connectivity index (χ0n) is 10.9. The lowest BCUT2D eigenvalue weighted by atomic mass is 9.92. The number of rotatable bonds is 4. The monoisotopic (exact) mass is 305 g/mol. The number of amidine groups is 1. The van der Waals surface area contributed by atoms with E-state index < -0.39 is 33.5 Å². The van der Waals surface area contributed by atoms with Crippen molar-refractivity contribution in [3.05, 3.63) is 34.4 Å². The maximum atomic E-state index is 13.5. The van der Waals surface area contributed by atoms with Gasteiger partial charge in [-0.15, -0.1) is 0 Å². The molecule has 0 saturated carbocycles. The largest absolute Gasteiger partial charge is 0.409 e. The van der Waals surface area contributed by atoms with Gasteiger partial charge in [0.05, 0.1) is 10.6 Å². The van der Waals surface area contributed by atoms with Crippen LogP contribution < -0.4 is 11.1 Å². The number of carbonyl (C=O) groups excluding carboxylic acids is 1.